The van der Waals surface area contributed by atoms with E-state index in [1.165, 1.54) is 0 Å². The zero-order chi connectivity index (χ0) is 23.0. The van der Waals surface area contributed by atoms with Gasteiger partial charge in [-0.05, 0) is 36.5 Å². The van der Waals surface area contributed by atoms with Crippen LogP contribution in [0.15, 0.2) is 59.8 Å². The molecule has 166 valence electrons. The van der Waals surface area contributed by atoms with Gasteiger partial charge in [0, 0.05) is 24.1 Å². The number of para-hydroxylation sites is 2. The number of carbonyl (C=O) groups is 3. The lowest BCUT2D eigenvalue weighted by Gasteiger charge is -2.37. The monoisotopic (exact) mass is 432 g/mol. The van der Waals surface area contributed by atoms with Crippen LogP contribution in [0.25, 0.3) is 0 Å². The number of aryl methyl sites for hydroxylation is 1. The zero-order valence-corrected chi connectivity index (χ0v) is 18.6. The fraction of sp³-hybridized carbons (Fsp3) is 0.346. The predicted molar refractivity (Wildman–Crippen MR) is 123 cm³/mol. The number of ketones is 1. The van der Waals surface area contributed by atoms with Crippen molar-refractivity contribution in [3.63, 3.8) is 0 Å². The second-order valence-electron chi connectivity index (χ2n) is 9.45. The highest BCUT2D eigenvalue weighted by atomic mass is 16.4. The Balaban J connectivity index is 1.95. The molecule has 1 amide bonds. The summed E-state index contributed by atoms with van der Waals surface area (Å²) >= 11 is 0. The van der Waals surface area contributed by atoms with Gasteiger partial charge >= 0.3 is 5.97 Å². The third-order valence-electron chi connectivity index (χ3n) is 6.12. The van der Waals surface area contributed by atoms with Crippen LogP contribution in [0.5, 0.6) is 0 Å². The average molecular weight is 433 g/mol. The minimum atomic E-state index is -1.03. The molecule has 1 aliphatic heterocycles. The number of amides is 1. The molecule has 0 fully saturated rings. The first-order valence-electron chi connectivity index (χ1n) is 10.9. The summed E-state index contributed by atoms with van der Waals surface area (Å²) in [6, 6.07) is 14.7. The fourth-order valence-corrected chi connectivity index (χ4v) is 4.66. The van der Waals surface area contributed by atoms with Gasteiger partial charge in [0.25, 0.3) is 0 Å². The van der Waals surface area contributed by atoms with E-state index in [4.69, 9.17) is 5.11 Å². The van der Waals surface area contributed by atoms with Crippen LogP contribution in [-0.4, -0.2) is 22.8 Å². The quantitative estimate of drug-likeness (QED) is 0.710. The van der Waals surface area contributed by atoms with Gasteiger partial charge in [0.15, 0.2) is 5.78 Å². The second-order valence-corrected chi connectivity index (χ2v) is 9.45. The maximum absolute atomic E-state index is 13.5. The van der Waals surface area contributed by atoms with Crippen molar-refractivity contribution in [2.24, 2.45) is 5.41 Å². The molecule has 2 aliphatic rings. The summed E-state index contributed by atoms with van der Waals surface area (Å²) in [4.78, 5) is 39.8. The van der Waals surface area contributed by atoms with Gasteiger partial charge in [-0.15, -0.1) is 0 Å². The molecule has 2 aromatic carbocycles. The van der Waals surface area contributed by atoms with Crippen LogP contribution >= 0.6 is 0 Å². The van der Waals surface area contributed by atoms with Gasteiger partial charge < -0.3 is 10.4 Å². The first-order valence-corrected chi connectivity index (χ1v) is 10.9. The smallest absolute Gasteiger partial charge is 0.303 e. The molecule has 0 saturated carbocycles. The Bertz CT molecular complexity index is 1110. The lowest BCUT2D eigenvalue weighted by Crippen LogP contribution is -2.39. The lowest BCUT2D eigenvalue weighted by atomic mass is 9.73. The minimum Gasteiger partial charge on any atom is -0.481 e. The van der Waals surface area contributed by atoms with Crippen LogP contribution < -0.4 is 10.2 Å². The van der Waals surface area contributed by atoms with Crippen molar-refractivity contribution in [2.45, 2.75) is 52.5 Å². The molecule has 1 heterocycles. The number of carbonyl (C=O) groups excluding carboxylic acids is 2. The Morgan fingerprint density at radius 1 is 1.06 bits per heavy atom. The number of anilines is 2. The second kappa shape index (κ2) is 8.26. The van der Waals surface area contributed by atoms with Gasteiger partial charge in [0.2, 0.25) is 5.91 Å². The Kier molecular flexibility index (Phi) is 5.63. The van der Waals surface area contributed by atoms with Crippen molar-refractivity contribution in [2.75, 3.05) is 10.2 Å². The molecule has 32 heavy (non-hydrogen) atoms. The van der Waals surface area contributed by atoms with E-state index in [0.717, 1.165) is 22.5 Å². The topological polar surface area (TPSA) is 86.7 Å². The van der Waals surface area contributed by atoms with Gasteiger partial charge in [-0.2, -0.15) is 0 Å². The standard InChI is InChI=1S/C26H28N2O4/c1-16-8-10-17(11-9-16)25-24-19(14-26(2,3)15-21(24)29)27-18-6-4-5-7-20(18)28(25)22(30)12-13-23(31)32/h4-11,25,27H,12-15H2,1-3H3,(H,31,32). The van der Waals surface area contributed by atoms with Crippen molar-refractivity contribution in [1.82, 2.24) is 0 Å². The summed E-state index contributed by atoms with van der Waals surface area (Å²) < 4.78 is 0. The normalized spacial score (nSPS) is 19.5. The number of carboxylic acid groups (broad SMARTS) is 1. The Morgan fingerprint density at radius 3 is 2.44 bits per heavy atom. The number of benzene rings is 2. The molecule has 6 heteroatoms. The zero-order valence-electron chi connectivity index (χ0n) is 18.6. The average Bonchev–Trinajstić information content (AvgIpc) is 2.86. The van der Waals surface area contributed by atoms with Gasteiger partial charge in [0.05, 0.1) is 23.8 Å². The minimum absolute atomic E-state index is 0.0122. The molecule has 0 radical (unpaired) electrons. The number of hydrogen-bond donors (Lipinski definition) is 2. The molecule has 0 saturated heterocycles. The molecule has 1 aliphatic carbocycles. The molecule has 0 spiro atoms. The van der Waals surface area contributed by atoms with E-state index in [1.54, 1.807) is 4.90 Å². The summed E-state index contributed by atoms with van der Waals surface area (Å²) in [6.07, 6.45) is 0.665. The van der Waals surface area contributed by atoms with E-state index >= 15 is 0 Å². The van der Waals surface area contributed by atoms with Crippen LogP contribution in [0.1, 0.15) is 56.7 Å². The third-order valence-corrected chi connectivity index (χ3v) is 6.12. The number of Topliss-reactive ketones (excluding diaryl/α,β-unsaturated/α-hetero) is 1. The Labute approximate surface area is 187 Å². The van der Waals surface area contributed by atoms with Gasteiger partial charge in [-0.25, -0.2) is 0 Å². The van der Waals surface area contributed by atoms with Crippen molar-refractivity contribution in [1.29, 1.82) is 0 Å². The summed E-state index contributed by atoms with van der Waals surface area (Å²) in [7, 11) is 0. The first kappa shape index (κ1) is 21.8. The van der Waals surface area contributed by atoms with Crippen LogP contribution in [0, 0.1) is 12.3 Å². The van der Waals surface area contributed by atoms with E-state index < -0.39 is 12.0 Å². The number of aliphatic carboxylic acids is 1. The van der Waals surface area contributed by atoms with Crippen LogP contribution in [0.3, 0.4) is 0 Å². The molecule has 2 N–H and O–H groups in total. The van der Waals surface area contributed by atoms with Crippen molar-refractivity contribution < 1.29 is 19.5 Å². The van der Waals surface area contributed by atoms with Gasteiger partial charge in [0.1, 0.15) is 0 Å². The number of nitrogens with one attached hydrogen (secondary N) is 1. The van der Waals surface area contributed by atoms with E-state index in [9.17, 15) is 14.4 Å². The van der Waals surface area contributed by atoms with Crippen molar-refractivity contribution in [3.05, 3.63) is 70.9 Å². The number of carboxylic acids is 1. The van der Waals surface area contributed by atoms with E-state index in [1.807, 2.05) is 55.5 Å². The maximum Gasteiger partial charge on any atom is 0.303 e. The highest BCUT2D eigenvalue weighted by Crippen LogP contribution is 2.48. The first-order chi connectivity index (χ1) is 15.2. The van der Waals surface area contributed by atoms with Crippen molar-refractivity contribution in [3.8, 4) is 0 Å². The van der Waals surface area contributed by atoms with Crippen LogP contribution in [-0.2, 0) is 14.4 Å². The number of hydrogen-bond acceptors (Lipinski definition) is 4. The Morgan fingerprint density at radius 2 is 1.75 bits per heavy atom. The predicted octanol–water partition coefficient (Wildman–Crippen LogP) is 5.00. The fourth-order valence-electron chi connectivity index (χ4n) is 4.66. The molecular formula is C26H28N2O4. The molecular weight excluding hydrogens is 404 g/mol. The Hall–Kier alpha value is -3.41. The number of allylic oxidation sites excluding steroid dienone is 1. The molecule has 0 bridgehead atoms. The van der Waals surface area contributed by atoms with E-state index in [2.05, 4.69) is 19.2 Å². The largest absolute Gasteiger partial charge is 0.481 e. The molecule has 2 aromatic rings. The number of nitrogens with zero attached hydrogens (tertiary/aromatic N) is 1. The van der Waals surface area contributed by atoms with Crippen LogP contribution in [0.4, 0.5) is 11.4 Å². The third kappa shape index (κ3) is 4.17. The van der Waals surface area contributed by atoms with Crippen LogP contribution in [0.2, 0.25) is 0 Å². The SMILES string of the molecule is Cc1ccc(C2C3=C(CC(C)(C)CC3=O)Nc3ccccc3N2C(=O)CCC(=O)O)cc1. The molecule has 6 nitrogen and oxygen atoms in total. The summed E-state index contributed by atoms with van der Waals surface area (Å²) in [6.45, 7) is 6.14. The van der Waals surface area contributed by atoms with E-state index in [-0.39, 0.29) is 29.9 Å². The lowest BCUT2D eigenvalue weighted by molar-refractivity contribution is -0.138. The highest BCUT2D eigenvalue weighted by Gasteiger charge is 2.43. The van der Waals surface area contributed by atoms with Crippen molar-refractivity contribution >= 4 is 29.0 Å². The highest BCUT2D eigenvalue weighted by molar-refractivity contribution is 6.06. The summed E-state index contributed by atoms with van der Waals surface area (Å²) in [5, 5.41) is 12.6. The van der Waals surface area contributed by atoms with E-state index in [0.29, 0.717) is 24.1 Å². The molecule has 1 atom stereocenters. The number of fused-ring (bicyclic) bond motifs is 1. The van der Waals surface area contributed by atoms with Gasteiger partial charge in [-0.3, -0.25) is 19.3 Å². The summed E-state index contributed by atoms with van der Waals surface area (Å²) in [5.41, 5.74) is 4.52. The maximum atomic E-state index is 13.5. The molecule has 0 aromatic heterocycles. The summed E-state index contributed by atoms with van der Waals surface area (Å²) in [5.74, 6) is -1.33. The molecule has 4 rings (SSSR count). The molecule has 1 unspecified atom stereocenters. The van der Waals surface area contributed by atoms with Gasteiger partial charge in [-0.1, -0.05) is 55.8 Å². The number of rotatable bonds is 4.